The first-order valence-corrected chi connectivity index (χ1v) is 8.26. The van der Waals surface area contributed by atoms with Crippen molar-refractivity contribution in [3.05, 3.63) is 42.3 Å². The van der Waals surface area contributed by atoms with Crippen molar-refractivity contribution in [2.24, 2.45) is 0 Å². The van der Waals surface area contributed by atoms with Gasteiger partial charge in [-0.3, -0.25) is 9.80 Å². The van der Waals surface area contributed by atoms with E-state index in [1.165, 1.54) is 0 Å². The fourth-order valence-electron chi connectivity index (χ4n) is 3.15. The number of aromatic nitrogens is 1. The molecule has 1 aromatic carbocycles. The molecule has 0 bridgehead atoms. The fourth-order valence-corrected chi connectivity index (χ4v) is 3.15. The first-order chi connectivity index (χ1) is 11.1. The Kier molecular flexibility index (Phi) is 5.10. The molecule has 0 unspecified atom stereocenters. The van der Waals surface area contributed by atoms with Crippen LogP contribution in [0.1, 0.15) is 19.5 Å². The van der Waals surface area contributed by atoms with Crippen LogP contribution in [0.25, 0.3) is 11.5 Å². The Bertz CT molecular complexity index is 612. The fraction of sp³-hybridized carbons (Fsp3) is 0.500. The first kappa shape index (κ1) is 16.2. The summed E-state index contributed by atoms with van der Waals surface area (Å²) in [5.74, 6) is 0.682. The molecule has 2 aromatic rings. The zero-order chi connectivity index (χ0) is 16.2. The summed E-state index contributed by atoms with van der Waals surface area (Å²) in [4.78, 5) is 9.35. The van der Waals surface area contributed by atoms with Crippen LogP contribution >= 0.6 is 0 Å². The number of hydrogen-bond donors (Lipinski definition) is 1. The van der Waals surface area contributed by atoms with E-state index in [1.54, 1.807) is 6.26 Å². The van der Waals surface area contributed by atoms with Gasteiger partial charge in [-0.1, -0.05) is 18.2 Å². The van der Waals surface area contributed by atoms with Crippen molar-refractivity contribution >= 4 is 0 Å². The Hall–Kier alpha value is -1.69. The van der Waals surface area contributed by atoms with Crippen LogP contribution in [0.2, 0.25) is 0 Å². The molecule has 1 fully saturated rings. The Balaban J connectivity index is 1.58. The summed E-state index contributed by atoms with van der Waals surface area (Å²) in [5.41, 5.74) is 1.98. The van der Waals surface area contributed by atoms with E-state index in [0.29, 0.717) is 11.9 Å². The van der Waals surface area contributed by atoms with Gasteiger partial charge in [0.25, 0.3) is 0 Å². The van der Waals surface area contributed by atoms with Crippen LogP contribution in [0.4, 0.5) is 0 Å². The van der Waals surface area contributed by atoms with E-state index >= 15 is 0 Å². The Morgan fingerprint density at radius 1 is 1.30 bits per heavy atom. The summed E-state index contributed by atoms with van der Waals surface area (Å²) in [6.45, 7) is 8.58. The molecule has 124 valence electrons. The average Bonchev–Trinajstić information content (AvgIpc) is 2.99. The number of piperazine rings is 1. The van der Waals surface area contributed by atoms with Crippen molar-refractivity contribution in [3.63, 3.8) is 0 Å². The minimum atomic E-state index is -0.270. The number of β-amino-alcohol motifs (C(OH)–C–C–N with tert-alkyl or cyclic N) is 1. The van der Waals surface area contributed by atoms with E-state index < -0.39 is 0 Å². The van der Waals surface area contributed by atoms with Crippen LogP contribution in [-0.4, -0.2) is 58.2 Å². The van der Waals surface area contributed by atoms with Gasteiger partial charge >= 0.3 is 0 Å². The molecule has 0 aliphatic carbocycles. The molecular formula is C18H25N3O2. The number of hydrogen-bond acceptors (Lipinski definition) is 5. The lowest BCUT2D eigenvalue weighted by atomic mass is 10.1. The standard InChI is InChI=1S/C18H25N3O2/c1-14-10-20(8-9-21(14)11-15(2)22)12-17-13-23-18(19-17)16-6-4-3-5-7-16/h3-7,13-15,22H,8-12H2,1-2H3/t14-,15+/m0/s1. The zero-order valence-corrected chi connectivity index (χ0v) is 13.9. The lowest BCUT2D eigenvalue weighted by molar-refractivity contribution is 0.0418. The molecule has 1 N–H and O–H groups in total. The van der Waals surface area contributed by atoms with E-state index in [1.807, 2.05) is 37.3 Å². The summed E-state index contributed by atoms with van der Waals surface area (Å²) in [6.07, 6.45) is 1.49. The van der Waals surface area contributed by atoms with Crippen LogP contribution in [0.3, 0.4) is 0 Å². The van der Waals surface area contributed by atoms with Gasteiger partial charge in [0.1, 0.15) is 6.26 Å². The molecule has 0 radical (unpaired) electrons. The number of oxazole rings is 1. The van der Waals surface area contributed by atoms with Gasteiger partial charge in [0.05, 0.1) is 11.8 Å². The van der Waals surface area contributed by atoms with E-state index in [4.69, 9.17) is 4.42 Å². The van der Waals surface area contributed by atoms with Gasteiger partial charge in [0.2, 0.25) is 5.89 Å². The van der Waals surface area contributed by atoms with E-state index in [9.17, 15) is 5.11 Å². The van der Waals surface area contributed by atoms with Crippen LogP contribution < -0.4 is 0 Å². The smallest absolute Gasteiger partial charge is 0.226 e. The summed E-state index contributed by atoms with van der Waals surface area (Å²) in [6, 6.07) is 10.4. The van der Waals surface area contributed by atoms with Gasteiger partial charge in [-0.15, -0.1) is 0 Å². The first-order valence-electron chi connectivity index (χ1n) is 8.26. The minimum Gasteiger partial charge on any atom is -0.444 e. The molecule has 1 aliphatic heterocycles. The van der Waals surface area contributed by atoms with Crippen molar-refractivity contribution in [2.45, 2.75) is 32.5 Å². The van der Waals surface area contributed by atoms with E-state index in [2.05, 4.69) is 21.7 Å². The largest absolute Gasteiger partial charge is 0.444 e. The molecule has 1 saturated heterocycles. The molecule has 1 aromatic heterocycles. The van der Waals surface area contributed by atoms with Crippen molar-refractivity contribution < 1.29 is 9.52 Å². The second kappa shape index (κ2) is 7.25. The lowest BCUT2D eigenvalue weighted by Gasteiger charge is -2.40. The van der Waals surface area contributed by atoms with Crippen molar-refractivity contribution in [1.82, 2.24) is 14.8 Å². The van der Waals surface area contributed by atoms with Gasteiger partial charge in [0.15, 0.2) is 0 Å². The topological polar surface area (TPSA) is 52.7 Å². The van der Waals surface area contributed by atoms with Gasteiger partial charge in [-0.25, -0.2) is 4.98 Å². The maximum atomic E-state index is 9.56. The maximum absolute atomic E-state index is 9.56. The number of aliphatic hydroxyl groups excluding tert-OH is 1. The van der Waals surface area contributed by atoms with E-state index in [0.717, 1.165) is 44.0 Å². The van der Waals surface area contributed by atoms with E-state index in [-0.39, 0.29) is 6.10 Å². The third-order valence-electron chi connectivity index (χ3n) is 4.31. The Labute approximate surface area is 137 Å². The van der Waals surface area contributed by atoms with Crippen LogP contribution in [0.15, 0.2) is 41.0 Å². The van der Waals surface area contributed by atoms with Crippen molar-refractivity contribution in [2.75, 3.05) is 26.2 Å². The summed E-state index contributed by atoms with van der Waals surface area (Å²) in [5, 5.41) is 9.56. The van der Waals surface area contributed by atoms with Gasteiger partial charge < -0.3 is 9.52 Å². The monoisotopic (exact) mass is 315 g/mol. The summed E-state index contributed by atoms with van der Waals surface area (Å²) in [7, 11) is 0. The average molecular weight is 315 g/mol. The van der Waals surface area contributed by atoms with Gasteiger partial charge in [-0.2, -0.15) is 0 Å². The highest BCUT2D eigenvalue weighted by Crippen LogP contribution is 2.19. The number of benzene rings is 1. The van der Waals surface area contributed by atoms with Gasteiger partial charge in [0, 0.05) is 44.3 Å². The third-order valence-corrected chi connectivity index (χ3v) is 4.31. The normalized spacial score (nSPS) is 21.4. The summed E-state index contributed by atoms with van der Waals surface area (Å²) >= 11 is 0. The highest BCUT2D eigenvalue weighted by molar-refractivity contribution is 5.52. The van der Waals surface area contributed by atoms with Crippen molar-refractivity contribution in [1.29, 1.82) is 0 Å². The summed E-state index contributed by atoms with van der Waals surface area (Å²) < 4.78 is 5.61. The SMILES string of the molecule is C[C@@H](O)CN1CCN(Cc2coc(-c3ccccc3)n2)C[C@@H]1C. The molecule has 0 amide bonds. The zero-order valence-electron chi connectivity index (χ0n) is 13.9. The number of rotatable bonds is 5. The molecule has 5 nitrogen and oxygen atoms in total. The Morgan fingerprint density at radius 3 is 2.78 bits per heavy atom. The molecule has 23 heavy (non-hydrogen) atoms. The molecular weight excluding hydrogens is 290 g/mol. The van der Waals surface area contributed by atoms with Gasteiger partial charge in [-0.05, 0) is 26.0 Å². The number of nitrogens with zero attached hydrogens (tertiary/aromatic N) is 3. The maximum Gasteiger partial charge on any atom is 0.226 e. The highest BCUT2D eigenvalue weighted by Gasteiger charge is 2.25. The predicted octanol–water partition coefficient (Wildman–Crippen LogP) is 2.23. The highest BCUT2D eigenvalue weighted by atomic mass is 16.3. The van der Waals surface area contributed by atoms with Crippen LogP contribution in [-0.2, 0) is 6.54 Å². The van der Waals surface area contributed by atoms with Crippen molar-refractivity contribution in [3.8, 4) is 11.5 Å². The number of aliphatic hydroxyl groups is 1. The lowest BCUT2D eigenvalue weighted by Crippen LogP contribution is -2.53. The molecule has 2 heterocycles. The van der Waals surface area contributed by atoms with Crippen LogP contribution in [0, 0.1) is 0 Å². The molecule has 1 aliphatic rings. The Morgan fingerprint density at radius 2 is 2.09 bits per heavy atom. The molecule has 5 heteroatoms. The molecule has 3 rings (SSSR count). The quantitative estimate of drug-likeness (QED) is 0.917. The second-order valence-corrected chi connectivity index (χ2v) is 6.44. The predicted molar refractivity (Wildman–Crippen MR) is 89.9 cm³/mol. The molecule has 0 saturated carbocycles. The van der Waals surface area contributed by atoms with Crippen LogP contribution in [0.5, 0.6) is 0 Å². The second-order valence-electron chi connectivity index (χ2n) is 6.44. The third kappa shape index (κ3) is 4.19. The molecule has 2 atom stereocenters. The molecule has 0 spiro atoms. The minimum absolute atomic E-state index is 0.270.